The van der Waals surface area contributed by atoms with Gasteiger partial charge in [0.1, 0.15) is 5.56 Å². The van der Waals surface area contributed by atoms with Crippen LogP contribution in [0.1, 0.15) is 24.2 Å². The van der Waals surface area contributed by atoms with E-state index in [1.54, 1.807) is 6.92 Å². The van der Waals surface area contributed by atoms with Crippen molar-refractivity contribution >= 4 is 45.2 Å². The number of aromatic nitrogens is 1. The Hall–Kier alpha value is -1.57. The van der Waals surface area contributed by atoms with Gasteiger partial charge in [-0.25, -0.2) is 4.79 Å². The number of fused-ring (bicyclic) bond motifs is 1. The van der Waals surface area contributed by atoms with E-state index in [9.17, 15) is 9.59 Å². The lowest BCUT2D eigenvalue weighted by Gasteiger charge is -2.13. The predicted octanol–water partition coefficient (Wildman–Crippen LogP) is 2.38. The van der Waals surface area contributed by atoms with Crippen LogP contribution in [0.5, 0.6) is 0 Å². The Kier molecular flexibility index (Phi) is 4.32. The first-order chi connectivity index (χ1) is 9.51. The lowest BCUT2D eigenvalue weighted by atomic mass is 10.1. The molecule has 0 radical (unpaired) electrons. The van der Waals surface area contributed by atoms with E-state index >= 15 is 0 Å². The van der Waals surface area contributed by atoms with Crippen molar-refractivity contribution in [2.24, 2.45) is 0 Å². The maximum absolute atomic E-state index is 12.5. The van der Waals surface area contributed by atoms with Gasteiger partial charge in [-0.05, 0) is 48.6 Å². The van der Waals surface area contributed by atoms with Crippen molar-refractivity contribution in [1.29, 1.82) is 0 Å². The maximum atomic E-state index is 12.5. The molecule has 0 aliphatic heterocycles. The van der Waals surface area contributed by atoms with Crippen LogP contribution in [0.2, 0.25) is 0 Å². The molecule has 6 heteroatoms. The first kappa shape index (κ1) is 14.8. The second kappa shape index (κ2) is 5.82. The number of esters is 1. The smallest absolute Gasteiger partial charge is 0.343 e. The van der Waals surface area contributed by atoms with Crippen LogP contribution in [0.25, 0.3) is 10.9 Å². The molecule has 0 amide bonds. The molecule has 2 N–H and O–H groups in total. The van der Waals surface area contributed by atoms with E-state index in [1.807, 2.05) is 23.6 Å². The van der Waals surface area contributed by atoms with Gasteiger partial charge in [-0.2, -0.15) is 0 Å². The average Bonchev–Trinajstić information content (AvgIpc) is 2.43. The molecule has 0 bridgehead atoms. The Morgan fingerprint density at radius 3 is 2.70 bits per heavy atom. The van der Waals surface area contributed by atoms with Gasteiger partial charge in [-0.1, -0.05) is 0 Å². The fourth-order valence-corrected chi connectivity index (χ4v) is 2.54. The second-order valence-corrected chi connectivity index (χ2v) is 5.40. The quantitative estimate of drug-likeness (QED) is 0.500. The zero-order chi connectivity index (χ0) is 14.9. The summed E-state index contributed by atoms with van der Waals surface area (Å²) in [6, 6.07) is 3.70. The van der Waals surface area contributed by atoms with Crippen LogP contribution in [-0.4, -0.2) is 17.1 Å². The Bertz CT molecular complexity index is 737. The van der Waals surface area contributed by atoms with Gasteiger partial charge in [0, 0.05) is 16.3 Å². The van der Waals surface area contributed by atoms with E-state index < -0.39 is 5.97 Å². The topological polar surface area (TPSA) is 74.3 Å². The minimum absolute atomic E-state index is 0.0231. The first-order valence-electron chi connectivity index (χ1n) is 6.29. The van der Waals surface area contributed by atoms with Crippen molar-refractivity contribution in [1.82, 2.24) is 4.57 Å². The Balaban J connectivity index is 2.87. The minimum Gasteiger partial charge on any atom is -0.462 e. The zero-order valence-corrected chi connectivity index (χ0v) is 13.4. The van der Waals surface area contributed by atoms with Crippen LogP contribution in [0.15, 0.2) is 23.1 Å². The highest BCUT2D eigenvalue weighted by Crippen LogP contribution is 2.24. The molecule has 1 aromatic heterocycles. The number of pyridine rings is 1. The molecule has 1 heterocycles. The maximum Gasteiger partial charge on any atom is 0.343 e. The summed E-state index contributed by atoms with van der Waals surface area (Å²) in [6.07, 6.45) is 1.54. The van der Waals surface area contributed by atoms with E-state index in [2.05, 4.69) is 22.6 Å². The Morgan fingerprint density at radius 2 is 2.10 bits per heavy atom. The number of benzene rings is 1. The van der Waals surface area contributed by atoms with Crippen molar-refractivity contribution in [2.75, 3.05) is 12.3 Å². The van der Waals surface area contributed by atoms with Gasteiger partial charge in [0.15, 0.2) is 0 Å². The number of carbonyl (C=O) groups excluding carboxylic acids is 1. The Morgan fingerprint density at radius 1 is 1.40 bits per heavy atom. The van der Waals surface area contributed by atoms with E-state index in [4.69, 9.17) is 10.5 Å². The fraction of sp³-hybridized carbons (Fsp3) is 0.286. The van der Waals surface area contributed by atoms with Crippen LogP contribution in [0.3, 0.4) is 0 Å². The predicted molar refractivity (Wildman–Crippen MR) is 87.0 cm³/mol. The number of ether oxygens (including phenoxy) is 1. The molecule has 0 atom stereocenters. The number of nitrogens with zero attached hydrogens (tertiary/aromatic N) is 1. The number of carbonyl (C=O) groups is 1. The molecule has 0 aliphatic rings. The van der Waals surface area contributed by atoms with Crippen LogP contribution in [0, 0.1) is 3.57 Å². The molecule has 0 saturated heterocycles. The second-order valence-electron chi connectivity index (χ2n) is 4.23. The summed E-state index contributed by atoms with van der Waals surface area (Å²) in [5.41, 5.74) is 6.79. The third-order valence-electron chi connectivity index (χ3n) is 3.07. The molecule has 0 aliphatic carbocycles. The van der Waals surface area contributed by atoms with Gasteiger partial charge < -0.3 is 15.0 Å². The van der Waals surface area contributed by atoms with E-state index in [0.29, 0.717) is 17.6 Å². The lowest BCUT2D eigenvalue weighted by Crippen LogP contribution is -2.21. The molecule has 106 valence electrons. The van der Waals surface area contributed by atoms with Crippen molar-refractivity contribution in [3.05, 3.63) is 37.7 Å². The fourth-order valence-electron chi connectivity index (χ4n) is 2.10. The summed E-state index contributed by atoms with van der Waals surface area (Å²) >= 11 is 2.07. The number of nitrogen functional groups attached to an aromatic ring is 1. The SMILES string of the molecule is CCOC(=O)c1cn(CC)c2ccc(I)c(N)c2c1=O. The minimum atomic E-state index is -0.611. The monoisotopic (exact) mass is 386 g/mol. The van der Waals surface area contributed by atoms with Crippen LogP contribution in [0.4, 0.5) is 5.69 Å². The summed E-state index contributed by atoms with van der Waals surface area (Å²) in [7, 11) is 0. The Labute approximate surface area is 129 Å². The molecular weight excluding hydrogens is 371 g/mol. The molecule has 20 heavy (non-hydrogen) atoms. The number of hydrogen-bond acceptors (Lipinski definition) is 4. The summed E-state index contributed by atoms with van der Waals surface area (Å²) in [4.78, 5) is 24.4. The van der Waals surface area contributed by atoms with Crippen LogP contribution < -0.4 is 11.2 Å². The largest absolute Gasteiger partial charge is 0.462 e. The molecule has 2 aromatic rings. The summed E-state index contributed by atoms with van der Waals surface area (Å²) < 4.78 is 7.55. The third kappa shape index (κ3) is 2.39. The number of halogens is 1. The molecule has 2 rings (SSSR count). The highest BCUT2D eigenvalue weighted by Gasteiger charge is 2.18. The molecule has 1 aromatic carbocycles. The summed E-state index contributed by atoms with van der Waals surface area (Å²) in [6.45, 7) is 4.50. The first-order valence-corrected chi connectivity index (χ1v) is 7.37. The normalized spacial score (nSPS) is 10.8. The number of aryl methyl sites for hydroxylation is 1. The molecular formula is C14H15IN2O3. The number of hydrogen-bond donors (Lipinski definition) is 1. The highest BCUT2D eigenvalue weighted by molar-refractivity contribution is 14.1. The summed E-state index contributed by atoms with van der Waals surface area (Å²) in [5, 5.41) is 0.379. The number of rotatable bonds is 3. The van der Waals surface area contributed by atoms with Gasteiger partial charge in [-0.3, -0.25) is 4.79 Å². The van der Waals surface area contributed by atoms with Crippen molar-refractivity contribution in [3.8, 4) is 0 Å². The molecule has 0 fully saturated rings. The third-order valence-corrected chi connectivity index (χ3v) is 4.01. The zero-order valence-electron chi connectivity index (χ0n) is 11.3. The average molecular weight is 386 g/mol. The standard InChI is InChI=1S/C14H15IN2O3/c1-3-17-7-8(14(19)20-4-2)13(18)11-10(17)6-5-9(15)12(11)16/h5-7H,3-4,16H2,1-2H3. The van der Waals surface area contributed by atoms with Gasteiger partial charge >= 0.3 is 5.97 Å². The number of anilines is 1. The highest BCUT2D eigenvalue weighted by atomic mass is 127. The van der Waals surface area contributed by atoms with E-state index in [1.165, 1.54) is 6.20 Å². The van der Waals surface area contributed by atoms with Crippen LogP contribution >= 0.6 is 22.6 Å². The van der Waals surface area contributed by atoms with E-state index in [0.717, 1.165) is 9.09 Å². The van der Waals surface area contributed by atoms with Crippen molar-refractivity contribution < 1.29 is 9.53 Å². The van der Waals surface area contributed by atoms with Crippen molar-refractivity contribution in [2.45, 2.75) is 20.4 Å². The molecule has 5 nitrogen and oxygen atoms in total. The number of nitrogens with two attached hydrogens (primary N) is 1. The molecule has 0 spiro atoms. The van der Waals surface area contributed by atoms with Crippen molar-refractivity contribution in [3.63, 3.8) is 0 Å². The van der Waals surface area contributed by atoms with E-state index in [-0.39, 0.29) is 17.6 Å². The molecule has 0 saturated carbocycles. The summed E-state index contributed by atoms with van der Waals surface area (Å²) in [5.74, 6) is -0.611. The van der Waals surface area contributed by atoms with Gasteiger partial charge in [0.05, 0.1) is 23.2 Å². The lowest BCUT2D eigenvalue weighted by molar-refractivity contribution is 0.0524. The molecule has 0 unspecified atom stereocenters. The van der Waals surface area contributed by atoms with Gasteiger partial charge in [-0.15, -0.1) is 0 Å². The van der Waals surface area contributed by atoms with Crippen LogP contribution in [-0.2, 0) is 11.3 Å². The van der Waals surface area contributed by atoms with Gasteiger partial charge in [0.2, 0.25) is 5.43 Å². The van der Waals surface area contributed by atoms with Gasteiger partial charge in [0.25, 0.3) is 0 Å².